The van der Waals surface area contributed by atoms with Crippen molar-refractivity contribution in [3.05, 3.63) is 80.4 Å². The summed E-state index contributed by atoms with van der Waals surface area (Å²) in [5.41, 5.74) is 6.64. The predicted molar refractivity (Wildman–Crippen MR) is 161 cm³/mol. The molecule has 0 bridgehead atoms. The Morgan fingerprint density at radius 1 is 0.921 bits per heavy atom. The standard InChI is InChI=1S/C29H44N2O5P2/c1-8-18-37(34,19-9-2)27(38(35,20-10-3)21-11-4)22-23-12-14-24(15-13-23)31-26(32)17-16-25(30)28(33)36-29(5,6)7/h8-15,25,27H,1-4,16-22,30H2,5-7H3,(H,31,32)/t25-/m0/s1. The Balaban J connectivity index is 3.02. The number of carbonyl (C=O) groups excluding carboxylic acids is 2. The fraction of sp³-hybridized carbons (Fsp3) is 0.448. The summed E-state index contributed by atoms with van der Waals surface area (Å²) in [6.07, 6.45) is 8.11. The Bertz CT molecular complexity index is 1020. The second kappa shape index (κ2) is 15.2. The Morgan fingerprint density at radius 2 is 1.37 bits per heavy atom. The Morgan fingerprint density at radius 3 is 1.76 bits per heavy atom. The van der Waals surface area contributed by atoms with Gasteiger partial charge in [-0.05, 0) is 51.3 Å². The number of carbonyl (C=O) groups is 2. The summed E-state index contributed by atoms with van der Waals surface area (Å²) in [6.45, 7) is 20.4. The largest absolute Gasteiger partial charge is 0.459 e. The number of nitrogens with two attached hydrogens (primary N) is 1. The second-order valence-electron chi connectivity index (χ2n) is 10.4. The highest BCUT2D eigenvalue weighted by Gasteiger charge is 2.42. The van der Waals surface area contributed by atoms with Crippen LogP contribution in [-0.4, -0.2) is 53.6 Å². The first-order chi connectivity index (χ1) is 17.7. The minimum atomic E-state index is -2.96. The Kier molecular flexibility index (Phi) is 13.4. The molecule has 1 aromatic rings. The molecule has 210 valence electrons. The minimum absolute atomic E-state index is 0.0583. The molecule has 0 aliphatic rings. The van der Waals surface area contributed by atoms with E-state index in [4.69, 9.17) is 10.5 Å². The molecule has 3 N–H and O–H groups in total. The number of amides is 1. The topological polar surface area (TPSA) is 116 Å². The summed E-state index contributed by atoms with van der Waals surface area (Å²) in [7, 11) is -5.93. The number of ether oxygens (including phenoxy) is 1. The van der Waals surface area contributed by atoms with E-state index in [9.17, 15) is 18.7 Å². The van der Waals surface area contributed by atoms with E-state index in [1.807, 2.05) is 12.1 Å². The zero-order valence-electron chi connectivity index (χ0n) is 23.1. The van der Waals surface area contributed by atoms with Gasteiger partial charge in [-0.1, -0.05) is 36.4 Å². The smallest absolute Gasteiger partial charge is 0.323 e. The maximum atomic E-state index is 14.1. The van der Waals surface area contributed by atoms with Crippen LogP contribution in [0.5, 0.6) is 0 Å². The van der Waals surface area contributed by atoms with E-state index in [2.05, 4.69) is 31.6 Å². The van der Waals surface area contributed by atoms with E-state index in [1.54, 1.807) is 57.2 Å². The molecule has 1 rings (SSSR count). The predicted octanol–water partition coefficient (Wildman–Crippen LogP) is 6.41. The van der Waals surface area contributed by atoms with Crippen LogP contribution in [0.3, 0.4) is 0 Å². The van der Waals surface area contributed by atoms with Gasteiger partial charge in [-0.2, -0.15) is 0 Å². The molecule has 0 radical (unpaired) electrons. The molecule has 1 atom stereocenters. The van der Waals surface area contributed by atoms with E-state index in [0.717, 1.165) is 5.56 Å². The number of anilines is 1. The normalized spacial score (nSPS) is 12.9. The summed E-state index contributed by atoms with van der Waals surface area (Å²) < 4.78 is 33.4. The quantitative estimate of drug-likeness (QED) is 0.129. The molecule has 0 unspecified atom stereocenters. The average Bonchev–Trinajstić information content (AvgIpc) is 2.81. The summed E-state index contributed by atoms with van der Waals surface area (Å²) in [5, 5.41) is 2.23. The van der Waals surface area contributed by atoms with Crippen molar-refractivity contribution in [2.24, 2.45) is 5.73 Å². The first kappa shape index (κ1) is 33.6. The van der Waals surface area contributed by atoms with Crippen LogP contribution >= 0.6 is 14.3 Å². The highest BCUT2D eigenvalue weighted by Crippen LogP contribution is 2.69. The summed E-state index contributed by atoms with van der Waals surface area (Å²) in [5.74, 6) is -0.822. The van der Waals surface area contributed by atoms with E-state index >= 15 is 0 Å². The molecule has 38 heavy (non-hydrogen) atoms. The molecule has 0 saturated heterocycles. The van der Waals surface area contributed by atoms with Crippen molar-refractivity contribution < 1.29 is 23.5 Å². The third kappa shape index (κ3) is 10.7. The van der Waals surface area contributed by atoms with E-state index in [1.165, 1.54) is 0 Å². The van der Waals surface area contributed by atoms with Gasteiger partial charge in [0.15, 0.2) is 0 Å². The number of rotatable bonds is 17. The molecular weight excluding hydrogens is 518 g/mol. The lowest BCUT2D eigenvalue weighted by Gasteiger charge is -2.33. The van der Waals surface area contributed by atoms with Gasteiger partial charge in [0.1, 0.15) is 25.9 Å². The van der Waals surface area contributed by atoms with Crippen LogP contribution in [0, 0.1) is 0 Å². The van der Waals surface area contributed by atoms with Crippen LogP contribution in [0.2, 0.25) is 0 Å². The summed E-state index contributed by atoms with van der Waals surface area (Å²) >= 11 is 0. The lowest BCUT2D eigenvalue weighted by atomic mass is 10.1. The fourth-order valence-electron chi connectivity index (χ4n) is 4.17. The minimum Gasteiger partial charge on any atom is -0.459 e. The van der Waals surface area contributed by atoms with Gasteiger partial charge < -0.3 is 24.9 Å². The van der Waals surface area contributed by atoms with Crippen LogP contribution < -0.4 is 11.1 Å². The first-order valence-corrected chi connectivity index (χ1v) is 17.0. The van der Waals surface area contributed by atoms with Gasteiger partial charge >= 0.3 is 5.97 Å². The van der Waals surface area contributed by atoms with E-state index in [0.29, 0.717) is 12.1 Å². The van der Waals surface area contributed by atoms with Crippen molar-refractivity contribution in [3.63, 3.8) is 0 Å². The third-order valence-corrected chi connectivity index (χ3v) is 14.5. The second-order valence-corrected chi connectivity index (χ2v) is 17.3. The van der Waals surface area contributed by atoms with Crippen molar-refractivity contribution >= 4 is 31.8 Å². The molecule has 0 aromatic heterocycles. The van der Waals surface area contributed by atoms with Gasteiger partial charge in [-0.25, -0.2) is 0 Å². The zero-order valence-corrected chi connectivity index (χ0v) is 24.9. The molecule has 9 heteroatoms. The van der Waals surface area contributed by atoms with Crippen LogP contribution in [0.4, 0.5) is 5.69 Å². The molecule has 0 aliphatic heterocycles. The summed E-state index contributed by atoms with van der Waals surface area (Å²) in [6, 6.07) is 6.26. The van der Waals surface area contributed by atoms with Gasteiger partial charge in [0.2, 0.25) is 5.91 Å². The Labute approximate surface area is 228 Å². The summed E-state index contributed by atoms with van der Waals surface area (Å²) in [4.78, 5) is 24.4. The molecule has 1 aromatic carbocycles. The number of allylic oxidation sites excluding steroid dienone is 4. The highest BCUT2D eigenvalue weighted by atomic mass is 31.2. The molecule has 0 saturated carbocycles. The van der Waals surface area contributed by atoms with Crippen molar-refractivity contribution in [2.45, 2.75) is 57.1 Å². The molecule has 7 nitrogen and oxygen atoms in total. The zero-order chi connectivity index (χ0) is 29.0. The van der Waals surface area contributed by atoms with Crippen LogP contribution in [0.25, 0.3) is 0 Å². The molecule has 0 spiro atoms. The van der Waals surface area contributed by atoms with Crippen LogP contribution in [0.1, 0.15) is 39.2 Å². The fourth-order valence-corrected chi connectivity index (χ4v) is 12.5. The number of hydrogen-bond donors (Lipinski definition) is 2. The van der Waals surface area contributed by atoms with Gasteiger partial charge in [-0.15, -0.1) is 26.3 Å². The average molecular weight is 563 g/mol. The molecular formula is C29H44N2O5P2. The molecule has 1 amide bonds. The maximum Gasteiger partial charge on any atom is 0.323 e. The van der Waals surface area contributed by atoms with Crippen molar-refractivity contribution in [3.8, 4) is 0 Å². The molecule has 0 heterocycles. The number of nitrogens with one attached hydrogen (secondary N) is 1. The monoisotopic (exact) mass is 562 g/mol. The van der Waals surface area contributed by atoms with E-state index in [-0.39, 0.29) is 43.4 Å². The SMILES string of the molecule is C=CCP(=O)(CC=C)C(Cc1ccc(NC(=O)CC[C@H](N)C(=O)OC(C)(C)C)cc1)P(=O)(CC=C)CC=C. The van der Waals surface area contributed by atoms with E-state index < -0.39 is 37.3 Å². The number of esters is 1. The number of hydrogen-bond acceptors (Lipinski definition) is 6. The third-order valence-electron chi connectivity index (χ3n) is 5.89. The van der Waals surface area contributed by atoms with Crippen molar-refractivity contribution in [2.75, 3.05) is 30.0 Å². The van der Waals surface area contributed by atoms with Gasteiger partial charge in [-0.3, -0.25) is 9.59 Å². The lowest BCUT2D eigenvalue weighted by Crippen LogP contribution is -2.37. The Hall–Kier alpha value is -2.46. The highest BCUT2D eigenvalue weighted by molar-refractivity contribution is 7.82. The van der Waals surface area contributed by atoms with Gasteiger partial charge in [0, 0.05) is 36.8 Å². The van der Waals surface area contributed by atoms with Gasteiger partial charge in [0.25, 0.3) is 0 Å². The van der Waals surface area contributed by atoms with Crippen molar-refractivity contribution in [1.82, 2.24) is 0 Å². The molecule has 0 aliphatic carbocycles. The van der Waals surface area contributed by atoms with Crippen LogP contribution in [-0.2, 0) is 29.9 Å². The molecule has 0 fully saturated rings. The first-order valence-electron chi connectivity index (χ1n) is 12.7. The van der Waals surface area contributed by atoms with Crippen LogP contribution in [0.15, 0.2) is 74.9 Å². The maximum absolute atomic E-state index is 14.1. The van der Waals surface area contributed by atoms with Crippen molar-refractivity contribution in [1.29, 1.82) is 0 Å². The van der Waals surface area contributed by atoms with Gasteiger partial charge in [0.05, 0.1) is 5.40 Å². The number of benzene rings is 1. The lowest BCUT2D eigenvalue weighted by molar-refractivity contribution is -0.156.